The molecule has 0 fully saturated rings. The third-order valence-electron chi connectivity index (χ3n) is 3.75. The Balaban J connectivity index is 2.02. The van der Waals surface area contributed by atoms with Crippen LogP contribution in [0.5, 0.6) is 0 Å². The summed E-state index contributed by atoms with van der Waals surface area (Å²) < 4.78 is 2.73. The number of aromatic nitrogens is 1. The maximum Gasteiger partial charge on any atom is 0.280 e. The molecule has 0 aliphatic carbocycles. The van der Waals surface area contributed by atoms with Crippen LogP contribution in [0.15, 0.2) is 54.6 Å². The minimum absolute atomic E-state index is 0.184. The van der Waals surface area contributed by atoms with Gasteiger partial charge >= 0.3 is 0 Å². The molecule has 26 heavy (non-hydrogen) atoms. The van der Waals surface area contributed by atoms with E-state index >= 15 is 0 Å². The Bertz CT molecular complexity index is 899. The Kier molecular flexibility index (Phi) is 6.19. The average Bonchev–Trinajstić information content (AvgIpc) is 3.03. The zero-order valence-electron chi connectivity index (χ0n) is 14.4. The minimum atomic E-state index is -0.184. The summed E-state index contributed by atoms with van der Waals surface area (Å²) in [5.41, 5.74) is 2.45. The molecule has 0 spiro atoms. The van der Waals surface area contributed by atoms with Gasteiger partial charge in [-0.25, -0.2) is 4.98 Å². The van der Waals surface area contributed by atoms with E-state index in [1.165, 1.54) is 23.3 Å². The fraction of sp³-hybridized carbons (Fsp3) is 0.158. The monoisotopic (exact) mass is 403 g/mol. The summed E-state index contributed by atoms with van der Waals surface area (Å²) in [6.07, 6.45) is 1.81. The second-order valence-electron chi connectivity index (χ2n) is 5.56. The summed E-state index contributed by atoms with van der Waals surface area (Å²) in [5, 5.41) is 1.39. The predicted octanol–water partition coefficient (Wildman–Crippen LogP) is 5.45. The summed E-state index contributed by atoms with van der Waals surface area (Å²) in [5.74, 6) is -0.184. The summed E-state index contributed by atoms with van der Waals surface area (Å²) >= 11 is 9.19. The molecule has 0 aliphatic rings. The number of aryl methyl sites for hydroxylation is 1. The standard InChI is InChI=1S/C19H18ClN3OS2/c1-13-17(18(24)22-25-2)21-19(26-13)23(12-14-8-4-3-5-9-14)16-11-7-6-10-15(16)20/h3-11H,12H2,1-2H3,(H,22,24). The van der Waals surface area contributed by atoms with E-state index in [1.54, 1.807) is 0 Å². The first-order valence-electron chi connectivity index (χ1n) is 7.97. The maximum atomic E-state index is 12.2. The summed E-state index contributed by atoms with van der Waals surface area (Å²) in [6, 6.07) is 17.8. The van der Waals surface area contributed by atoms with Crippen molar-refractivity contribution in [2.24, 2.45) is 0 Å². The van der Waals surface area contributed by atoms with E-state index in [4.69, 9.17) is 11.6 Å². The Morgan fingerprint density at radius 1 is 1.19 bits per heavy atom. The molecular weight excluding hydrogens is 386 g/mol. The van der Waals surface area contributed by atoms with Crippen molar-refractivity contribution < 1.29 is 4.79 Å². The van der Waals surface area contributed by atoms with Gasteiger partial charge in [-0.15, -0.1) is 11.3 Å². The molecule has 3 rings (SSSR count). The van der Waals surface area contributed by atoms with Crippen LogP contribution in [0.25, 0.3) is 0 Å². The van der Waals surface area contributed by atoms with Gasteiger partial charge in [0.25, 0.3) is 5.91 Å². The second kappa shape index (κ2) is 8.58. The molecule has 0 saturated carbocycles. The van der Waals surface area contributed by atoms with Crippen LogP contribution in [0.2, 0.25) is 5.02 Å². The number of carbonyl (C=O) groups excluding carboxylic acids is 1. The number of thiazole rings is 1. The van der Waals surface area contributed by atoms with Gasteiger partial charge in [0.2, 0.25) is 0 Å². The number of hydrogen-bond donors (Lipinski definition) is 1. The number of anilines is 2. The number of amides is 1. The molecule has 0 atom stereocenters. The van der Waals surface area contributed by atoms with Crippen LogP contribution >= 0.6 is 34.9 Å². The van der Waals surface area contributed by atoms with Crippen molar-refractivity contribution in [3.63, 3.8) is 0 Å². The average molecular weight is 404 g/mol. The molecule has 2 aromatic carbocycles. The first-order valence-corrected chi connectivity index (χ1v) is 10.4. The highest BCUT2D eigenvalue weighted by Gasteiger charge is 2.21. The molecule has 0 unspecified atom stereocenters. The summed E-state index contributed by atoms with van der Waals surface area (Å²) in [6.45, 7) is 2.52. The van der Waals surface area contributed by atoms with Crippen molar-refractivity contribution >= 4 is 51.6 Å². The van der Waals surface area contributed by atoms with Crippen molar-refractivity contribution in [3.8, 4) is 0 Å². The lowest BCUT2D eigenvalue weighted by Crippen LogP contribution is -2.19. The Hall–Kier alpha value is -2.02. The van der Waals surface area contributed by atoms with E-state index < -0.39 is 0 Å². The van der Waals surface area contributed by atoms with Crippen molar-refractivity contribution in [2.45, 2.75) is 13.5 Å². The molecule has 0 bridgehead atoms. The molecule has 3 aromatic rings. The number of rotatable bonds is 6. The highest BCUT2D eigenvalue weighted by molar-refractivity contribution is 7.97. The van der Waals surface area contributed by atoms with E-state index in [0.29, 0.717) is 17.3 Å². The van der Waals surface area contributed by atoms with Gasteiger partial charge in [-0.1, -0.05) is 66.0 Å². The SMILES string of the molecule is CSNC(=O)c1nc(N(Cc2ccccc2)c2ccccc2Cl)sc1C. The number of benzene rings is 2. The molecular formula is C19H18ClN3OS2. The van der Waals surface area contributed by atoms with Gasteiger partial charge in [-0.05, 0) is 24.6 Å². The van der Waals surface area contributed by atoms with Crippen molar-refractivity contribution in [3.05, 3.63) is 75.8 Å². The molecule has 0 saturated heterocycles. The van der Waals surface area contributed by atoms with E-state index in [2.05, 4.69) is 21.8 Å². The summed E-state index contributed by atoms with van der Waals surface area (Å²) in [4.78, 5) is 19.8. The topological polar surface area (TPSA) is 45.2 Å². The van der Waals surface area contributed by atoms with Crippen molar-refractivity contribution in [1.82, 2.24) is 9.71 Å². The second-order valence-corrected chi connectivity index (χ2v) is 7.76. The summed E-state index contributed by atoms with van der Waals surface area (Å²) in [7, 11) is 0. The van der Waals surface area contributed by atoms with Crippen LogP contribution < -0.4 is 9.62 Å². The van der Waals surface area contributed by atoms with Gasteiger partial charge in [-0.3, -0.25) is 9.52 Å². The largest absolute Gasteiger partial charge is 0.312 e. The van der Waals surface area contributed by atoms with Crippen LogP contribution in [-0.2, 0) is 6.54 Å². The van der Waals surface area contributed by atoms with Crippen LogP contribution in [0.1, 0.15) is 20.9 Å². The quantitative estimate of drug-likeness (QED) is 0.556. The fourth-order valence-electron chi connectivity index (χ4n) is 2.54. The minimum Gasteiger partial charge on any atom is -0.312 e. The molecule has 134 valence electrons. The van der Waals surface area contributed by atoms with Gasteiger partial charge in [0, 0.05) is 11.1 Å². The number of para-hydroxylation sites is 1. The van der Waals surface area contributed by atoms with Crippen LogP contribution in [0.4, 0.5) is 10.8 Å². The predicted molar refractivity (Wildman–Crippen MR) is 112 cm³/mol. The van der Waals surface area contributed by atoms with Crippen LogP contribution in [-0.4, -0.2) is 17.1 Å². The molecule has 1 amide bonds. The normalized spacial score (nSPS) is 10.6. The van der Waals surface area contributed by atoms with Gasteiger partial charge in [0.1, 0.15) is 5.69 Å². The lowest BCUT2D eigenvalue weighted by molar-refractivity contribution is 0.0980. The molecule has 0 aliphatic heterocycles. The third-order valence-corrected chi connectivity index (χ3v) is 5.46. The molecule has 0 radical (unpaired) electrons. The van der Waals surface area contributed by atoms with Gasteiger partial charge < -0.3 is 4.90 Å². The maximum absolute atomic E-state index is 12.2. The molecule has 1 N–H and O–H groups in total. The Morgan fingerprint density at radius 3 is 2.58 bits per heavy atom. The van der Waals surface area contributed by atoms with Crippen LogP contribution in [0.3, 0.4) is 0 Å². The molecule has 7 heteroatoms. The van der Waals surface area contributed by atoms with Crippen LogP contribution in [0, 0.1) is 6.92 Å². The zero-order chi connectivity index (χ0) is 18.5. The number of nitrogens with zero attached hydrogens (tertiary/aromatic N) is 2. The van der Waals surface area contributed by atoms with Crippen molar-refractivity contribution in [2.75, 3.05) is 11.2 Å². The first kappa shape index (κ1) is 18.8. The van der Waals surface area contributed by atoms with E-state index in [-0.39, 0.29) is 5.91 Å². The highest BCUT2D eigenvalue weighted by Crippen LogP contribution is 2.36. The smallest absolute Gasteiger partial charge is 0.280 e. The van der Waals surface area contributed by atoms with Crippen molar-refractivity contribution in [1.29, 1.82) is 0 Å². The third kappa shape index (κ3) is 4.20. The molecule has 4 nitrogen and oxygen atoms in total. The van der Waals surface area contributed by atoms with Gasteiger partial charge in [-0.2, -0.15) is 0 Å². The van der Waals surface area contributed by atoms with Gasteiger partial charge in [0.05, 0.1) is 17.3 Å². The first-order chi connectivity index (χ1) is 12.6. The lowest BCUT2D eigenvalue weighted by atomic mass is 10.2. The number of nitrogens with one attached hydrogen (secondary N) is 1. The zero-order valence-corrected chi connectivity index (χ0v) is 16.8. The molecule has 1 aromatic heterocycles. The van der Waals surface area contributed by atoms with E-state index in [1.807, 2.05) is 60.5 Å². The number of hydrogen-bond acceptors (Lipinski definition) is 5. The molecule has 1 heterocycles. The Labute approximate surface area is 166 Å². The van der Waals surface area contributed by atoms with E-state index in [9.17, 15) is 4.79 Å². The number of carbonyl (C=O) groups is 1. The Morgan fingerprint density at radius 2 is 1.88 bits per heavy atom. The van der Waals surface area contributed by atoms with Gasteiger partial charge in [0.15, 0.2) is 5.13 Å². The van der Waals surface area contributed by atoms with E-state index in [0.717, 1.165) is 21.3 Å². The number of halogens is 1. The fourth-order valence-corrected chi connectivity index (χ4v) is 3.98. The highest BCUT2D eigenvalue weighted by atomic mass is 35.5. The lowest BCUT2D eigenvalue weighted by Gasteiger charge is -2.23.